The first-order valence-electron chi connectivity index (χ1n) is 14.3. The third-order valence-corrected chi connectivity index (χ3v) is 8.42. The minimum Gasteiger partial charge on any atom is -0.345 e. The number of benzene rings is 1. The lowest BCUT2D eigenvalue weighted by atomic mass is 9.98. The van der Waals surface area contributed by atoms with Crippen LogP contribution in [0.2, 0.25) is 0 Å². The molecule has 1 amide bonds. The molecule has 2 saturated heterocycles. The number of rotatable bonds is 9. The maximum absolute atomic E-state index is 14.0. The third-order valence-electron chi connectivity index (χ3n) is 8.42. The number of amidine groups is 1. The Hall–Kier alpha value is -2.80. The second-order valence-corrected chi connectivity index (χ2v) is 10.9. The molecule has 2 atom stereocenters. The maximum Gasteiger partial charge on any atom is 0.247 e. The normalized spacial score (nSPS) is 23.0. The third kappa shape index (κ3) is 5.87. The van der Waals surface area contributed by atoms with Crippen LogP contribution in [-0.4, -0.2) is 81.7 Å². The van der Waals surface area contributed by atoms with Crippen LogP contribution < -0.4 is 0 Å². The van der Waals surface area contributed by atoms with Crippen molar-refractivity contribution in [1.29, 1.82) is 0 Å². The largest absolute Gasteiger partial charge is 0.345 e. The van der Waals surface area contributed by atoms with Gasteiger partial charge in [0, 0.05) is 49.7 Å². The fraction of sp³-hybridized carbons (Fsp3) is 0.600. The first kappa shape index (κ1) is 25.8. The van der Waals surface area contributed by atoms with Gasteiger partial charge in [-0.15, -0.1) is 0 Å². The van der Waals surface area contributed by atoms with E-state index in [0.717, 1.165) is 49.3 Å². The van der Waals surface area contributed by atoms with Crippen LogP contribution in [0.4, 0.5) is 0 Å². The molecule has 0 saturated carbocycles. The Kier molecular flexibility index (Phi) is 8.49. The van der Waals surface area contributed by atoms with Crippen molar-refractivity contribution in [1.82, 2.24) is 24.7 Å². The summed E-state index contributed by atoms with van der Waals surface area (Å²) in [4.78, 5) is 34.5. The lowest BCUT2D eigenvalue weighted by Crippen LogP contribution is -2.53. The highest BCUT2D eigenvalue weighted by molar-refractivity contribution is 6.03. The lowest BCUT2D eigenvalue weighted by molar-refractivity contribution is -0.137. The molecule has 7 heteroatoms. The molecule has 5 rings (SSSR count). The molecule has 3 aliphatic rings. The summed E-state index contributed by atoms with van der Waals surface area (Å²) in [5, 5.41) is 0. The number of hydrogen-bond donors (Lipinski definition) is 0. The van der Waals surface area contributed by atoms with E-state index in [9.17, 15) is 4.79 Å². The van der Waals surface area contributed by atoms with Gasteiger partial charge in [0.1, 0.15) is 24.2 Å². The zero-order chi connectivity index (χ0) is 25.6. The quantitative estimate of drug-likeness (QED) is 0.473. The van der Waals surface area contributed by atoms with Gasteiger partial charge >= 0.3 is 0 Å². The van der Waals surface area contributed by atoms with Gasteiger partial charge in [0.15, 0.2) is 0 Å². The lowest BCUT2D eigenvalue weighted by Gasteiger charge is -2.39. The first-order chi connectivity index (χ1) is 18.2. The fourth-order valence-corrected chi connectivity index (χ4v) is 6.30. The highest BCUT2D eigenvalue weighted by Gasteiger charge is 2.43. The smallest absolute Gasteiger partial charge is 0.247 e. The van der Waals surface area contributed by atoms with Crippen LogP contribution in [0.25, 0.3) is 0 Å². The fourth-order valence-electron chi connectivity index (χ4n) is 6.30. The number of piperidine rings is 1. The van der Waals surface area contributed by atoms with Crippen LogP contribution in [-0.2, 0) is 11.2 Å². The van der Waals surface area contributed by atoms with Crippen molar-refractivity contribution in [3.63, 3.8) is 0 Å². The molecule has 198 valence electrons. The number of aliphatic imine (C=N–C) groups is 1. The molecule has 0 spiro atoms. The molecule has 2 unspecified atom stereocenters. The first-order valence-corrected chi connectivity index (χ1v) is 14.3. The van der Waals surface area contributed by atoms with Gasteiger partial charge in [-0.2, -0.15) is 0 Å². The van der Waals surface area contributed by atoms with E-state index >= 15 is 0 Å². The van der Waals surface area contributed by atoms with E-state index in [-0.39, 0.29) is 18.0 Å². The molecule has 4 heterocycles. The van der Waals surface area contributed by atoms with Crippen molar-refractivity contribution in [3.8, 4) is 0 Å². The standard InChI is InChI=1S/C30H42N6O/c1-3-4-5-6-10-23-11-9-12-24(19-23)29-33-27(25-20-31-22-32-21-25)28(34(29)2)30(37)36-17-13-26(14-18-36)35-15-7-8-16-35/h9,11-12,19-22,26-28H,3-8,10,13-18H2,1-2H3. The van der Waals surface area contributed by atoms with Crippen LogP contribution in [0.5, 0.6) is 0 Å². The molecule has 3 aliphatic heterocycles. The van der Waals surface area contributed by atoms with Gasteiger partial charge in [0.05, 0.1) is 0 Å². The maximum atomic E-state index is 14.0. The highest BCUT2D eigenvalue weighted by Crippen LogP contribution is 2.34. The predicted octanol–water partition coefficient (Wildman–Crippen LogP) is 4.49. The van der Waals surface area contributed by atoms with Gasteiger partial charge in [-0.05, 0) is 63.2 Å². The van der Waals surface area contributed by atoms with Crippen molar-refractivity contribution in [2.24, 2.45) is 4.99 Å². The number of aromatic nitrogens is 2. The van der Waals surface area contributed by atoms with E-state index in [1.54, 1.807) is 0 Å². The van der Waals surface area contributed by atoms with E-state index in [4.69, 9.17) is 4.99 Å². The van der Waals surface area contributed by atoms with Gasteiger partial charge < -0.3 is 14.7 Å². The van der Waals surface area contributed by atoms with Gasteiger partial charge in [-0.3, -0.25) is 9.79 Å². The number of nitrogens with zero attached hydrogens (tertiary/aromatic N) is 6. The molecule has 0 N–H and O–H groups in total. The minimum atomic E-state index is -0.377. The average Bonchev–Trinajstić information content (AvgIpc) is 3.60. The number of carbonyl (C=O) groups is 1. The Bertz CT molecular complexity index is 1060. The second-order valence-electron chi connectivity index (χ2n) is 10.9. The molecule has 0 bridgehead atoms. The molecule has 0 radical (unpaired) electrons. The van der Waals surface area contributed by atoms with Crippen LogP contribution in [0.1, 0.15) is 81.0 Å². The molecule has 2 aromatic rings. The zero-order valence-electron chi connectivity index (χ0n) is 22.6. The van der Waals surface area contributed by atoms with Crippen LogP contribution in [0, 0.1) is 0 Å². The summed E-state index contributed by atoms with van der Waals surface area (Å²) in [5.74, 6) is 1.06. The topological polar surface area (TPSA) is 64.9 Å². The van der Waals surface area contributed by atoms with E-state index in [1.807, 2.05) is 19.4 Å². The molecule has 1 aromatic carbocycles. The van der Waals surface area contributed by atoms with Crippen molar-refractivity contribution in [3.05, 3.63) is 59.7 Å². The Labute approximate surface area is 222 Å². The Morgan fingerprint density at radius 1 is 1.00 bits per heavy atom. The highest BCUT2D eigenvalue weighted by atomic mass is 16.2. The summed E-state index contributed by atoms with van der Waals surface area (Å²) in [5.41, 5.74) is 3.31. The number of hydrogen-bond acceptors (Lipinski definition) is 6. The van der Waals surface area contributed by atoms with Crippen LogP contribution in [0.15, 0.2) is 48.0 Å². The minimum absolute atomic E-state index is 0.172. The number of likely N-dealkylation sites (tertiary alicyclic amines) is 2. The molecule has 2 fully saturated rings. The number of amides is 1. The van der Waals surface area contributed by atoms with Crippen LogP contribution in [0.3, 0.4) is 0 Å². The Morgan fingerprint density at radius 2 is 1.76 bits per heavy atom. The molecular weight excluding hydrogens is 460 g/mol. The number of likely N-dealkylation sites (N-methyl/N-ethyl adjacent to an activating group) is 1. The summed E-state index contributed by atoms with van der Waals surface area (Å²) >= 11 is 0. The summed E-state index contributed by atoms with van der Waals surface area (Å²) < 4.78 is 0. The second kappa shape index (κ2) is 12.2. The summed E-state index contributed by atoms with van der Waals surface area (Å²) in [6, 6.07) is 8.65. The monoisotopic (exact) mass is 502 g/mol. The van der Waals surface area contributed by atoms with Gasteiger partial charge in [-0.1, -0.05) is 44.4 Å². The van der Waals surface area contributed by atoms with Gasteiger partial charge in [0.2, 0.25) is 5.91 Å². The molecule has 37 heavy (non-hydrogen) atoms. The predicted molar refractivity (Wildman–Crippen MR) is 148 cm³/mol. The SMILES string of the molecule is CCCCCCc1cccc(C2=NC(c3cncnc3)C(C(=O)N3CCC(N4CCCC4)CC3)N2C)c1. The Balaban J connectivity index is 1.34. The van der Waals surface area contributed by atoms with Crippen molar-refractivity contribution < 1.29 is 4.79 Å². The van der Waals surface area contributed by atoms with Gasteiger partial charge in [0.25, 0.3) is 0 Å². The van der Waals surface area contributed by atoms with Crippen molar-refractivity contribution >= 4 is 11.7 Å². The molecular formula is C30H42N6O. The number of aryl methyl sites for hydroxylation is 1. The molecule has 1 aromatic heterocycles. The Morgan fingerprint density at radius 3 is 2.49 bits per heavy atom. The number of unbranched alkanes of at least 4 members (excludes halogenated alkanes) is 3. The van der Waals surface area contributed by atoms with E-state index < -0.39 is 0 Å². The van der Waals surface area contributed by atoms with Crippen molar-refractivity contribution in [2.75, 3.05) is 33.2 Å². The van der Waals surface area contributed by atoms with E-state index in [0.29, 0.717) is 6.04 Å². The average molecular weight is 503 g/mol. The molecule has 7 nitrogen and oxygen atoms in total. The van der Waals surface area contributed by atoms with E-state index in [2.05, 4.69) is 55.9 Å². The summed E-state index contributed by atoms with van der Waals surface area (Å²) in [6.07, 6.45) is 16.0. The van der Waals surface area contributed by atoms with Crippen LogP contribution >= 0.6 is 0 Å². The summed E-state index contributed by atoms with van der Waals surface area (Å²) in [6.45, 7) is 6.33. The molecule has 0 aliphatic carbocycles. The summed E-state index contributed by atoms with van der Waals surface area (Å²) in [7, 11) is 2.02. The van der Waals surface area contributed by atoms with Crippen molar-refractivity contribution in [2.45, 2.75) is 82.8 Å². The van der Waals surface area contributed by atoms with E-state index in [1.165, 1.54) is 63.5 Å². The van der Waals surface area contributed by atoms with Gasteiger partial charge in [-0.25, -0.2) is 9.97 Å². The number of carbonyl (C=O) groups excluding carboxylic acids is 1. The zero-order valence-corrected chi connectivity index (χ0v) is 22.6.